The Balaban J connectivity index is 1.18. The molecule has 2 heterocycles. The van der Waals surface area contributed by atoms with Gasteiger partial charge in [0.1, 0.15) is 5.82 Å². The maximum Gasteiger partial charge on any atom is 0.241 e. The maximum atomic E-state index is 13.1. The molecule has 1 aromatic carbocycles. The van der Waals surface area contributed by atoms with E-state index in [1.165, 1.54) is 44.2 Å². The molecule has 8 heteroatoms. The number of piperidine rings is 1. The van der Waals surface area contributed by atoms with Crippen molar-refractivity contribution in [1.29, 1.82) is 0 Å². The minimum atomic E-state index is -0.299. The number of amides is 1. The molecule has 1 aliphatic carbocycles. The van der Waals surface area contributed by atoms with Crippen molar-refractivity contribution in [2.24, 2.45) is 5.92 Å². The first kappa shape index (κ1) is 22.9. The van der Waals surface area contributed by atoms with Crippen LogP contribution in [0.15, 0.2) is 28.8 Å². The van der Waals surface area contributed by atoms with E-state index in [4.69, 9.17) is 9.26 Å². The average Bonchev–Trinajstić information content (AvgIpc) is 3.28. The highest BCUT2D eigenvalue weighted by atomic mass is 19.1. The molecular formula is C24H33FN4O3. The lowest BCUT2D eigenvalue weighted by Gasteiger charge is -2.30. The molecule has 1 aromatic heterocycles. The number of likely N-dealkylation sites (tertiary alicyclic amines) is 1. The van der Waals surface area contributed by atoms with Crippen molar-refractivity contribution in [2.75, 3.05) is 26.2 Å². The zero-order valence-electron chi connectivity index (χ0n) is 18.6. The van der Waals surface area contributed by atoms with E-state index in [9.17, 15) is 9.18 Å². The number of halogens is 1. The van der Waals surface area contributed by atoms with E-state index in [-0.39, 0.29) is 17.6 Å². The van der Waals surface area contributed by atoms with Gasteiger partial charge in [-0.3, -0.25) is 9.69 Å². The van der Waals surface area contributed by atoms with Gasteiger partial charge in [0.05, 0.1) is 18.6 Å². The summed E-state index contributed by atoms with van der Waals surface area (Å²) >= 11 is 0. The first-order chi connectivity index (χ1) is 15.7. The average molecular weight is 445 g/mol. The van der Waals surface area contributed by atoms with Gasteiger partial charge in [0.2, 0.25) is 17.6 Å². The molecule has 1 amide bonds. The highest BCUT2D eigenvalue weighted by Gasteiger charge is 2.26. The molecule has 1 atom stereocenters. The summed E-state index contributed by atoms with van der Waals surface area (Å²) in [5.74, 6) is 0.742. The molecule has 1 saturated heterocycles. The van der Waals surface area contributed by atoms with Crippen molar-refractivity contribution in [3.05, 3.63) is 36.0 Å². The number of aromatic nitrogens is 2. The van der Waals surface area contributed by atoms with Crippen LogP contribution < -0.4 is 5.32 Å². The fraction of sp³-hybridized carbons (Fsp3) is 0.625. The molecule has 1 aliphatic heterocycles. The number of carbonyl (C=O) groups is 1. The molecule has 1 saturated carbocycles. The molecule has 0 radical (unpaired) electrons. The number of rotatable bonds is 9. The standard InChI is InChI=1S/C24H33FN4O3/c25-20-11-9-18(10-12-20)23-27-22(32-28-23)17-29-14-4-6-19(16-29)24(30)26-13-5-15-31-21-7-2-1-3-8-21/h9-12,19,21H,1-8,13-17H2,(H,26,30). The van der Waals surface area contributed by atoms with Crippen molar-refractivity contribution >= 4 is 5.91 Å². The van der Waals surface area contributed by atoms with Crippen molar-refractivity contribution in [3.8, 4) is 11.4 Å². The maximum absolute atomic E-state index is 13.1. The van der Waals surface area contributed by atoms with E-state index in [0.717, 1.165) is 32.4 Å². The van der Waals surface area contributed by atoms with Gasteiger partial charge in [-0.15, -0.1) is 0 Å². The van der Waals surface area contributed by atoms with E-state index < -0.39 is 0 Å². The van der Waals surface area contributed by atoms with Gasteiger partial charge in [-0.25, -0.2) is 4.39 Å². The number of hydrogen-bond donors (Lipinski definition) is 1. The fourth-order valence-electron chi connectivity index (χ4n) is 4.55. The van der Waals surface area contributed by atoms with Gasteiger partial charge in [-0.1, -0.05) is 24.4 Å². The number of nitrogens with one attached hydrogen (secondary N) is 1. The number of carbonyl (C=O) groups excluding carboxylic acids is 1. The van der Waals surface area contributed by atoms with Crippen LogP contribution in [0.1, 0.15) is 57.3 Å². The summed E-state index contributed by atoms with van der Waals surface area (Å²) in [4.78, 5) is 19.2. The lowest BCUT2D eigenvalue weighted by atomic mass is 9.97. The van der Waals surface area contributed by atoms with Gasteiger partial charge in [0, 0.05) is 25.3 Å². The largest absolute Gasteiger partial charge is 0.378 e. The molecule has 174 valence electrons. The third-order valence-corrected chi connectivity index (χ3v) is 6.33. The van der Waals surface area contributed by atoms with Crippen molar-refractivity contribution in [1.82, 2.24) is 20.4 Å². The molecule has 0 spiro atoms. The van der Waals surface area contributed by atoms with Crippen LogP contribution in [0.4, 0.5) is 4.39 Å². The van der Waals surface area contributed by atoms with Crippen LogP contribution in [0.2, 0.25) is 0 Å². The topological polar surface area (TPSA) is 80.5 Å². The summed E-state index contributed by atoms with van der Waals surface area (Å²) in [6.45, 7) is 3.46. The van der Waals surface area contributed by atoms with Gasteiger partial charge in [0.15, 0.2) is 0 Å². The molecule has 0 bridgehead atoms. The second kappa shape index (κ2) is 11.5. The molecule has 7 nitrogen and oxygen atoms in total. The number of benzene rings is 1. The van der Waals surface area contributed by atoms with E-state index in [0.29, 0.717) is 43.0 Å². The first-order valence-corrected chi connectivity index (χ1v) is 11.9. The van der Waals surface area contributed by atoms with Gasteiger partial charge >= 0.3 is 0 Å². The minimum Gasteiger partial charge on any atom is -0.378 e. The highest BCUT2D eigenvalue weighted by Crippen LogP contribution is 2.21. The van der Waals surface area contributed by atoms with Crippen molar-refractivity contribution < 1.29 is 18.4 Å². The summed E-state index contributed by atoms with van der Waals surface area (Å²) in [5.41, 5.74) is 0.713. The van der Waals surface area contributed by atoms with Gasteiger partial charge < -0.3 is 14.6 Å². The van der Waals surface area contributed by atoms with E-state index in [1.807, 2.05) is 0 Å². The second-order valence-corrected chi connectivity index (χ2v) is 8.87. The monoisotopic (exact) mass is 444 g/mol. The van der Waals surface area contributed by atoms with Crippen LogP contribution in [-0.4, -0.2) is 53.3 Å². The molecule has 1 N–H and O–H groups in total. The van der Waals surface area contributed by atoms with Gasteiger partial charge in [-0.05, 0) is 62.9 Å². The van der Waals surface area contributed by atoms with Crippen LogP contribution >= 0.6 is 0 Å². The quantitative estimate of drug-likeness (QED) is 0.590. The third kappa shape index (κ3) is 6.59. The lowest BCUT2D eigenvalue weighted by molar-refractivity contribution is -0.126. The smallest absolute Gasteiger partial charge is 0.241 e. The van der Waals surface area contributed by atoms with Crippen LogP contribution in [0, 0.1) is 11.7 Å². The Morgan fingerprint density at radius 2 is 1.97 bits per heavy atom. The lowest BCUT2D eigenvalue weighted by Crippen LogP contribution is -2.43. The zero-order valence-corrected chi connectivity index (χ0v) is 18.6. The highest BCUT2D eigenvalue weighted by molar-refractivity contribution is 5.78. The first-order valence-electron chi connectivity index (χ1n) is 11.9. The molecule has 1 unspecified atom stereocenters. The normalized spacial score (nSPS) is 20.3. The Morgan fingerprint density at radius 3 is 2.78 bits per heavy atom. The molecule has 2 aromatic rings. The fourth-order valence-corrected chi connectivity index (χ4v) is 4.55. The van der Waals surface area contributed by atoms with Crippen LogP contribution in [0.5, 0.6) is 0 Å². The van der Waals surface area contributed by atoms with Gasteiger partial charge in [0.25, 0.3) is 0 Å². The Kier molecular flexibility index (Phi) is 8.23. The van der Waals surface area contributed by atoms with Crippen molar-refractivity contribution in [3.63, 3.8) is 0 Å². The molecule has 2 fully saturated rings. The van der Waals surface area contributed by atoms with Crippen LogP contribution in [0.3, 0.4) is 0 Å². The molecule has 32 heavy (non-hydrogen) atoms. The Morgan fingerprint density at radius 1 is 1.16 bits per heavy atom. The minimum absolute atomic E-state index is 0.0255. The van der Waals surface area contributed by atoms with E-state index >= 15 is 0 Å². The van der Waals surface area contributed by atoms with Crippen molar-refractivity contribution in [2.45, 2.75) is 64.0 Å². The number of nitrogens with zero attached hydrogens (tertiary/aromatic N) is 3. The zero-order chi connectivity index (χ0) is 22.2. The summed E-state index contributed by atoms with van der Waals surface area (Å²) in [6.07, 6.45) is 9.36. The Bertz CT molecular complexity index is 851. The number of hydrogen-bond acceptors (Lipinski definition) is 6. The van der Waals surface area contributed by atoms with Crippen LogP contribution in [0.25, 0.3) is 11.4 Å². The Hall–Kier alpha value is -2.32. The summed E-state index contributed by atoms with van der Waals surface area (Å²) < 4.78 is 24.4. The second-order valence-electron chi connectivity index (χ2n) is 8.87. The molecule has 4 rings (SSSR count). The molecular weight excluding hydrogens is 411 g/mol. The summed E-state index contributed by atoms with van der Waals surface area (Å²) in [6, 6.07) is 6.01. The van der Waals surface area contributed by atoms with E-state index in [2.05, 4.69) is 20.4 Å². The predicted octanol–water partition coefficient (Wildman–Crippen LogP) is 3.94. The summed E-state index contributed by atoms with van der Waals surface area (Å²) in [7, 11) is 0. The SMILES string of the molecule is O=C(NCCCOC1CCCCC1)C1CCCN(Cc2nc(-c3ccc(F)cc3)no2)C1. The van der Waals surface area contributed by atoms with Crippen LogP contribution in [-0.2, 0) is 16.1 Å². The van der Waals surface area contributed by atoms with E-state index in [1.54, 1.807) is 12.1 Å². The third-order valence-electron chi connectivity index (χ3n) is 6.33. The van der Waals surface area contributed by atoms with Gasteiger partial charge in [-0.2, -0.15) is 4.98 Å². The Labute approximate surface area is 188 Å². The predicted molar refractivity (Wildman–Crippen MR) is 118 cm³/mol. The summed E-state index contributed by atoms with van der Waals surface area (Å²) in [5, 5.41) is 7.08. The molecule has 2 aliphatic rings. The number of ether oxygens (including phenoxy) is 1.